The molecule has 0 aromatic rings. The zero-order chi connectivity index (χ0) is 13.5. The summed E-state index contributed by atoms with van der Waals surface area (Å²) < 4.78 is 9.76. The van der Waals surface area contributed by atoms with E-state index in [1.54, 1.807) is 13.8 Å². The Kier molecular flexibility index (Phi) is 5.82. The smallest absolute Gasteiger partial charge is 0.321 e. The van der Waals surface area contributed by atoms with Gasteiger partial charge in [0.1, 0.15) is 5.78 Å². The van der Waals surface area contributed by atoms with Gasteiger partial charge in [0, 0.05) is 12.3 Å². The summed E-state index contributed by atoms with van der Waals surface area (Å²) in [6.45, 7) is 3.72. The highest BCUT2D eigenvalue weighted by Crippen LogP contribution is 2.29. The molecule has 1 fully saturated rings. The van der Waals surface area contributed by atoms with Crippen molar-refractivity contribution in [2.75, 3.05) is 13.2 Å². The molecule has 0 radical (unpaired) electrons. The fraction of sp³-hybridized carbons (Fsp3) is 0.769. The molecular formula is C13H20O5. The zero-order valence-corrected chi connectivity index (χ0v) is 10.9. The molecule has 0 heterocycles. The Labute approximate surface area is 107 Å². The summed E-state index contributed by atoms with van der Waals surface area (Å²) in [5, 5.41) is 0. The molecule has 0 aromatic heterocycles. The van der Waals surface area contributed by atoms with Gasteiger partial charge in [0.25, 0.3) is 0 Å². The number of esters is 2. The van der Waals surface area contributed by atoms with Gasteiger partial charge in [-0.3, -0.25) is 14.4 Å². The zero-order valence-electron chi connectivity index (χ0n) is 10.9. The Morgan fingerprint density at radius 2 is 1.72 bits per heavy atom. The number of carbonyl (C=O) groups excluding carboxylic acids is 3. The van der Waals surface area contributed by atoms with Crippen LogP contribution in [0.1, 0.15) is 39.5 Å². The van der Waals surface area contributed by atoms with Crippen molar-refractivity contribution in [3.63, 3.8) is 0 Å². The van der Waals surface area contributed by atoms with Gasteiger partial charge in [0.05, 0.1) is 13.2 Å². The van der Waals surface area contributed by atoms with E-state index in [1.807, 2.05) is 0 Å². The molecular weight excluding hydrogens is 236 g/mol. The van der Waals surface area contributed by atoms with E-state index >= 15 is 0 Å². The number of ketones is 1. The molecule has 0 saturated heterocycles. The van der Waals surface area contributed by atoms with Gasteiger partial charge in [-0.25, -0.2) is 0 Å². The van der Waals surface area contributed by atoms with E-state index in [1.165, 1.54) is 0 Å². The molecule has 1 atom stereocenters. The predicted octanol–water partition coefficient (Wildman–Crippen LogP) is 1.49. The van der Waals surface area contributed by atoms with Crippen LogP contribution in [-0.2, 0) is 23.9 Å². The summed E-state index contributed by atoms with van der Waals surface area (Å²) in [5.74, 6) is -2.98. The molecule has 1 aliphatic carbocycles. The van der Waals surface area contributed by atoms with Crippen LogP contribution in [0.3, 0.4) is 0 Å². The number of hydrogen-bond acceptors (Lipinski definition) is 5. The van der Waals surface area contributed by atoms with Gasteiger partial charge in [0.15, 0.2) is 5.92 Å². The van der Waals surface area contributed by atoms with E-state index in [0.717, 1.165) is 12.8 Å². The molecule has 0 aromatic carbocycles. The van der Waals surface area contributed by atoms with Crippen LogP contribution < -0.4 is 0 Å². The molecule has 1 rings (SSSR count). The Morgan fingerprint density at radius 1 is 1.17 bits per heavy atom. The Balaban J connectivity index is 2.84. The number of rotatable bonds is 5. The third kappa shape index (κ3) is 3.55. The van der Waals surface area contributed by atoms with E-state index in [2.05, 4.69) is 0 Å². The maximum Gasteiger partial charge on any atom is 0.321 e. The molecule has 0 aliphatic heterocycles. The Bertz CT molecular complexity index is 305. The first-order valence-electron chi connectivity index (χ1n) is 6.47. The van der Waals surface area contributed by atoms with E-state index in [4.69, 9.17) is 9.47 Å². The largest absolute Gasteiger partial charge is 0.465 e. The normalized spacial score (nSPS) is 19.7. The first-order chi connectivity index (χ1) is 8.61. The highest BCUT2D eigenvalue weighted by atomic mass is 16.6. The van der Waals surface area contributed by atoms with Gasteiger partial charge >= 0.3 is 11.9 Å². The maximum absolute atomic E-state index is 11.8. The maximum atomic E-state index is 11.8. The van der Waals surface area contributed by atoms with Gasteiger partial charge in [-0.15, -0.1) is 0 Å². The van der Waals surface area contributed by atoms with Gasteiger partial charge < -0.3 is 9.47 Å². The molecule has 0 spiro atoms. The molecule has 0 amide bonds. The molecule has 0 bridgehead atoms. The van der Waals surface area contributed by atoms with Crippen LogP contribution >= 0.6 is 0 Å². The van der Waals surface area contributed by atoms with Gasteiger partial charge in [0.2, 0.25) is 0 Å². The van der Waals surface area contributed by atoms with Gasteiger partial charge in [-0.05, 0) is 26.7 Å². The van der Waals surface area contributed by atoms with Crippen molar-refractivity contribution in [2.24, 2.45) is 11.8 Å². The average Bonchev–Trinajstić information content (AvgIpc) is 2.33. The Hall–Kier alpha value is -1.39. The van der Waals surface area contributed by atoms with Gasteiger partial charge in [-0.2, -0.15) is 0 Å². The highest BCUT2D eigenvalue weighted by molar-refractivity contribution is 6.00. The minimum absolute atomic E-state index is 0.0349. The second kappa shape index (κ2) is 7.13. The molecule has 5 nitrogen and oxygen atoms in total. The minimum atomic E-state index is -1.09. The lowest BCUT2D eigenvalue weighted by Gasteiger charge is -2.26. The summed E-state index contributed by atoms with van der Waals surface area (Å²) in [6.07, 6.45) is 2.67. The van der Waals surface area contributed by atoms with Gasteiger partial charge in [-0.1, -0.05) is 6.42 Å². The lowest BCUT2D eigenvalue weighted by Crippen LogP contribution is -2.39. The highest BCUT2D eigenvalue weighted by Gasteiger charge is 2.41. The molecule has 1 unspecified atom stereocenters. The molecule has 18 heavy (non-hydrogen) atoms. The monoisotopic (exact) mass is 256 g/mol. The number of ether oxygens (including phenoxy) is 2. The summed E-state index contributed by atoms with van der Waals surface area (Å²) in [4.78, 5) is 35.5. The van der Waals surface area contributed by atoms with Crippen molar-refractivity contribution in [3.8, 4) is 0 Å². The molecule has 102 valence electrons. The van der Waals surface area contributed by atoms with E-state index in [9.17, 15) is 14.4 Å². The third-order valence-electron chi connectivity index (χ3n) is 3.09. The van der Waals surface area contributed by atoms with Crippen molar-refractivity contribution in [3.05, 3.63) is 0 Å². The van der Waals surface area contributed by atoms with Crippen molar-refractivity contribution < 1.29 is 23.9 Å². The van der Waals surface area contributed by atoms with Crippen LogP contribution in [0, 0.1) is 11.8 Å². The van der Waals surface area contributed by atoms with Crippen LogP contribution in [0.5, 0.6) is 0 Å². The summed E-state index contributed by atoms with van der Waals surface area (Å²) >= 11 is 0. The van der Waals surface area contributed by atoms with E-state index in [-0.39, 0.29) is 19.0 Å². The SMILES string of the molecule is CCOC(=O)C(C(=O)OCC)C1CCCCC1=O. The first-order valence-corrected chi connectivity index (χ1v) is 6.47. The van der Waals surface area contributed by atoms with Crippen LogP contribution in [0.2, 0.25) is 0 Å². The fourth-order valence-electron chi connectivity index (χ4n) is 2.25. The predicted molar refractivity (Wildman–Crippen MR) is 63.7 cm³/mol. The molecule has 5 heteroatoms. The standard InChI is InChI=1S/C13H20O5/c1-3-17-12(15)11(13(16)18-4-2)9-7-5-6-8-10(9)14/h9,11H,3-8H2,1-2H3. The van der Waals surface area contributed by atoms with E-state index < -0.39 is 23.8 Å². The lowest BCUT2D eigenvalue weighted by atomic mass is 9.79. The van der Waals surface area contributed by atoms with Crippen molar-refractivity contribution in [1.29, 1.82) is 0 Å². The second-order valence-corrected chi connectivity index (χ2v) is 4.30. The third-order valence-corrected chi connectivity index (χ3v) is 3.09. The Morgan fingerprint density at radius 3 is 2.17 bits per heavy atom. The van der Waals surface area contributed by atoms with E-state index in [0.29, 0.717) is 12.8 Å². The van der Waals surface area contributed by atoms with Crippen LogP contribution in [0.25, 0.3) is 0 Å². The second-order valence-electron chi connectivity index (χ2n) is 4.30. The van der Waals surface area contributed by atoms with Crippen LogP contribution in [0.15, 0.2) is 0 Å². The van der Waals surface area contributed by atoms with Crippen LogP contribution in [-0.4, -0.2) is 30.9 Å². The summed E-state index contributed by atoms with van der Waals surface area (Å²) in [7, 11) is 0. The van der Waals surface area contributed by atoms with Crippen molar-refractivity contribution in [1.82, 2.24) is 0 Å². The summed E-state index contributed by atoms with van der Waals surface area (Å²) in [6, 6.07) is 0. The molecule has 0 N–H and O–H groups in total. The molecule has 1 aliphatic rings. The minimum Gasteiger partial charge on any atom is -0.465 e. The lowest BCUT2D eigenvalue weighted by molar-refractivity contribution is -0.167. The van der Waals surface area contributed by atoms with Crippen LogP contribution in [0.4, 0.5) is 0 Å². The topological polar surface area (TPSA) is 69.7 Å². The quantitative estimate of drug-likeness (QED) is 0.550. The van der Waals surface area contributed by atoms with Crippen molar-refractivity contribution in [2.45, 2.75) is 39.5 Å². The first kappa shape index (κ1) is 14.7. The number of carbonyl (C=O) groups is 3. The fourth-order valence-corrected chi connectivity index (χ4v) is 2.25. The number of hydrogen-bond donors (Lipinski definition) is 0. The van der Waals surface area contributed by atoms with Crippen molar-refractivity contribution >= 4 is 17.7 Å². The number of Topliss-reactive ketones (excluding diaryl/α,β-unsaturated/α-hetero) is 1. The average molecular weight is 256 g/mol. The molecule has 1 saturated carbocycles. The summed E-state index contributed by atoms with van der Waals surface area (Å²) in [5.41, 5.74) is 0.